The molecule has 0 atom stereocenters. The van der Waals surface area contributed by atoms with Gasteiger partial charge in [-0.2, -0.15) is 13.2 Å². The van der Waals surface area contributed by atoms with Crippen LogP contribution in [0.25, 0.3) is 0 Å². The molecule has 0 aromatic carbocycles. The van der Waals surface area contributed by atoms with Gasteiger partial charge in [0.1, 0.15) is 5.03 Å². The van der Waals surface area contributed by atoms with Crippen LogP contribution in [0.3, 0.4) is 0 Å². The molecule has 60 valence electrons. The first kappa shape index (κ1) is 9.78. The Labute approximate surface area is 61.4 Å². The lowest BCUT2D eigenvalue weighted by molar-refractivity contribution is -0.0849. The second kappa shape index (κ2) is 3.83. The monoisotopic (exact) mass is 174 g/mol. The summed E-state index contributed by atoms with van der Waals surface area (Å²) in [5.41, 5.74) is 0. The molecule has 0 bridgehead atoms. The van der Waals surface area contributed by atoms with Crippen LogP contribution in [0.15, 0.2) is 11.1 Å². The van der Waals surface area contributed by atoms with Gasteiger partial charge in [-0.05, 0) is 6.08 Å². The Bertz CT molecular complexity index is 129. The van der Waals surface area contributed by atoms with E-state index in [0.717, 1.165) is 6.08 Å². The van der Waals surface area contributed by atoms with Crippen molar-refractivity contribution in [3.05, 3.63) is 11.1 Å². The molecule has 0 unspecified atom stereocenters. The highest BCUT2D eigenvalue weighted by molar-refractivity contribution is 6.30. The third kappa shape index (κ3) is 3.74. The first-order valence-corrected chi connectivity index (χ1v) is 2.78. The highest BCUT2D eigenvalue weighted by atomic mass is 35.5. The van der Waals surface area contributed by atoms with Crippen molar-refractivity contribution in [2.75, 3.05) is 13.7 Å². The Morgan fingerprint density at radius 1 is 1.60 bits per heavy atom. The van der Waals surface area contributed by atoms with E-state index in [-0.39, 0.29) is 6.61 Å². The van der Waals surface area contributed by atoms with Crippen LogP contribution in [-0.2, 0) is 4.74 Å². The average molecular weight is 175 g/mol. The van der Waals surface area contributed by atoms with Gasteiger partial charge in [0.25, 0.3) is 0 Å². The Morgan fingerprint density at radius 3 is 2.40 bits per heavy atom. The third-order valence-electron chi connectivity index (χ3n) is 0.700. The first-order chi connectivity index (χ1) is 4.48. The van der Waals surface area contributed by atoms with Crippen molar-refractivity contribution in [3.63, 3.8) is 0 Å². The van der Waals surface area contributed by atoms with Crippen LogP contribution < -0.4 is 0 Å². The number of allylic oxidation sites excluding steroid dienone is 1. The van der Waals surface area contributed by atoms with E-state index in [1.54, 1.807) is 0 Å². The molecule has 10 heavy (non-hydrogen) atoms. The van der Waals surface area contributed by atoms with Gasteiger partial charge in [0.05, 0.1) is 6.61 Å². The topological polar surface area (TPSA) is 9.23 Å². The van der Waals surface area contributed by atoms with E-state index in [1.165, 1.54) is 7.11 Å². The second-order valence-electron chi connectivity index (χ2n) is 1.51. The van der Waals surface area contributed by atoms with Crippen LogP contribution in [0.2, 0.25) is 0 Å². The normalized spacial score (nSPS) is 13.9. The zero-order valence-corrected chi connectivity index (χ0v) is 5.96. The van der Waals surface area contributed by atoms with Crippen LogP contribution in [-0.4, -0.2) is 19.9 Å². The Kier molecular flexibility index (Phi) is 3.75. The zero-order chi connectivity index (χ0) is 8.20. The van der Waals surface area contributed by atoms with Crippen LogP contribution >= 0.6 is 11.6 Å². The fourth-order valence-corrected chi connectivity index (χ4v) is 0.335. The van der Waals surface area contributed by atoms with Crippen LogP contribution in [0.1, 0.15) is 0 Å². The Balaban J connectivity index is 3.93. The molecule has 0 saturated carbocycles. The smallest absolute Gasteiger partial charge is 0.381 e. The fraction of sp³-hybridized carbons (Fsp3) is 0.600. The zero-order valence-electron chi connectivity index (χ0n) is 5.20. The molecule has 5 heteroatoms. The van der Waals surface area contributed by atoms with Gasteiger partial charge in [0.15, 0.2) is 0 Å². The highest BCUT2D eigenvalue weighted by Gasteiger charge is 2.31. The van der Waals surface area contributed by atoms with Gasteiger partial charge < -0.3 is 4.74 Å². The van der Waals surface area contributed by atoms with E-state index in [1.807, 2.05) is 0 Å². The molecule has 0 aromatic heterocycles. The maximum absolute atomic E-state index is 11.5. The minimum absolute atomic E-state index is 0.127. The lowest BCUT2D eigenvalue weighted by Gasteiger charge is -2.02. The third-order valence-corrected chi connectivity index (χ3v) is 1.07. The van der Waals surface area contributed by atoms with Gasteiger partial charge in [0, 0.05) is 7.11 Å². The molecule has 0 rings (SSSR count). The van der Waals surface area contributed by atoms with Crippen LogP contribution in [0.5, 0.6) is 0 Å². The summed E-state index contributed by atoms with van der Waals surface area (Å²) in [5.74, 6) is 0. The molecule has 0 fully saturated rings. The Hall–Kier alpha value is -0.220. The summed E-state index contributed by atoms with van der Waals surface area (Å²) in [5, 5.41) is -1.14. The van der Waals surface area contributed by atoms with Crippen molar-refractivity contribution in [2.45, 2.75) is 6.18 Å². The molecule has 0 aliphatic heterocycles. The molecule has 0 aromatic rings. The molecule has 0 amide bonds. The van der Waals surface area contributed by atoms with Crippen molar-refractivity contribution < 1.29 is 17.9 Å². The number of alkyl halides is 3. The Morgan fingerprint density at radius 2 is 2.10 bits per heavy atom. The first-order valence-electron chi connectivity index (χ1n) is 2.40. The molecule has 0 aliphatic carbocycles. The van der Waals surface area contributed by atoms with Crippen LogP contribution in [0, 0.1) is 0 Å². The standard InChI is InChI=1S/C5H6ClF3O/c1-10-3-2-4(6)5(7,8)9/h2H,3H2,1H3. The van der Waals surface area contributed by atoms with Crippen molar-refractivity contribution in [1.29, 1.82) is 0 Å². The molecular formula is C5H6ClF3O. The highest BCUT2D eigenvalue weighted by Crippen LogP contribution is 2.27. The van der Waals surface area contributed by atoms with Crippen molar-refractivity contribution >= 4 is 11.6 Å². The molecule has 0 heterocycles. The number of ether oxygens (including phenoxy) is 1. The molecule has 0 saturated heterocycles. The summed E-state index contributed by atoms with van der Waals surface area (Å²) in [6.07, 6.45) is -3.68. The van der Waals surface area contributed by atoms with Crippen molar-refractivity contribution in [2.24, 2.45) is 0 Å². The number of halogens is 4. The van der Waals surface area contributed by atoms with Gasteiger partial charge in [-0.25, -0.2) is 0 Å². The maximum Gasteiger partial charge on any atom is 0.426 e. The van der Waals surface area contributed by atoms with Gasteiger partial charge >= 0.3 is 6.18 Å². The molecule has 0 N–H and O–H groups in total. The summed E-state index contributed by atoms with van der Waals surface area (Å²) in [4.78, 5) is 0. The average Bonchev–Trinajstić information content (AvgIpc) is 1.80. The van der Waals surface area contributed by atoms with E-state index in [4.69, 9.17) is 11.6 Å². The van der Waals surface area contributed by atoms with E-state index >= 15 is 0 Å². The summed E-state index contributed by atoms with van der Waals surface area (Å²) in [7, 11) is 1.29. The molecule has 0 spiro atoms. The molecular weight excluding hydrogens is 169 g/mol. The SMILES string of the molecule is COCC=C(Cl)C(F)(F)F. The largest absolute Gasteiger partial charge is 0.426 e. The number of rotatable bonds is 2. The van der Waals surface area contributed by atoms with Crippen molar-refractivity contribution in [3.8, 4) is 0 Å². The summed E-state index contributed by atoms with van der Waals surface area (Å²) >= 11 is 4.79. The van der Waals surface area contributed by atoms with Gasteiger partial charge in [0.2, 0.25) is 0 Å². The minimum Gasteiger partial charge on any atom is -0.381 e. The van der Waals surface area contributed by atoms with Gasteiger partial charge in [-0.3, -0.25) is 0 Å². The summed E-state index contributed by atoms with van der Waals surface area (Å²) < 4.78 is 38.9. The number of methoxy groups -OCH3 is 1. The molecule has 0 radical (unpaired) electrons. The predicted octanol–water partition coefficient (Wildman–Crippen LogP) is 2.32. The summed E-state index contributed by atoms with van der Waals surface area (Å²) in [6.45, 7) is -0.127. The maximum atomic E-state index is 11.5. The predicted molar refractivity (Wildman–Crippen MR) is 31.9 cm³/mol. The quantitative estimate of drug-likeness (QED) is 0.624. The lowest BCUT2D eigenvalue weighted by Crippen LogP contribution is -2.07. The lowest BCUT2D eigenvalue weighted by atomic mass is 10.5. The van der Waals surface area contributed by atoms with Gasteiger partial charge in [-0.15, -0.1) is 0 Å². The molecule has 0 aliphatic rings. The van der Waals surface area contributed by atoms with E-state index in [2.05, 4.69) is 4.74 Å². The van der Waals surface area contributed by atoms with Crippen molar-refractivity contribution in [1.82, 2.24) is 0 Å². The molecule has 1 nitrogen and oxygen atoms in total. The van der Waals surface area contributed by atoms with E-state index in [0.29, 0.717) is 0 Å². The van der Waals surface area contributed by atoms with E-state index < -0.39 is 11.2 Å². The summed E-state index contributed by atoms with van der Waals surface area (Å²) in [6, 6.07) is 0. The van der Waals surface area contributed by atoms with Gasteiger partial charge in [-0.1, -0.05) is 11.6 Å². The minimum atomic E-state index is -4.44. The second-order valence-corrected chi connectivity index (χ2v) is 1.91. The van der Waals surface area contributed by atoms with Crippen LogP contribution in [0.4, 0.5) is 13.2 Å². The fourth-order valence-electron chi connectivity index (χ4n) is 0.272. The van der Waals surface area contributed by atoms with E-state index in [9.17, 15) is 13.2 Å². The number of hydrogen-bond donors (Lipinski definition) is 0. The number of hydrogen-bond acceptors (Lipinski definition) is 1.